The molecule has 0 radical (unpaired) electrons. The van der Waals surface area contributed by atoms with E-state index in [0.29, 0.717) is 5.92 Å². The van der Waals surface area contributed by atoms with E-state index in [1.54, 1.807) is 0 Å². The zero-order valence-corrected chi connectivity index (χ0v) is 12.4. The molecule has 0 saturated heterocycles. The van der Waals surface area contributed by atoms with Crippen LogP contribution in [0, 0.1) is 5.92 Å². The van der Waals surface area contributed by atoms with Gasteiger partial charge in [0.05, 0.1) is 11.4 Å². The van der Waals surface area contributed by atoms with Crippen molar-refractivity contribution in [3.05, 3.63) is 60.2 Å². The Bertz CT molecular complexity index is 441. The van der Waals surface area contributed by atoms with Crippen molar-refractivity contribution in [2.75, 3.05) is 6.54 Å². The molecule has 0 aliphatic heterocycles. The Morgan fingerprint density at radius 1 is 0.900 bits per heavy atom. The molecular formula is C17H23N3. The maximum absolute atomic E-state index is 4.43. The minimum absolute atomic E-state index is 0.713. The van der Waals surface area contributed by atoms with Crippen molar-refractivity contribution in [2.24, 2.45) is 5.92 Å². The second kappa shape index (κ2) is 7.75. The van der Waals surface area contributed by atoms with Gasteiger partial charge in [-0.25, -0.2) is 0 Å². The highest BCUT2D eigenvalue weighted by Gasteiger charge is 2.09. The van der Waals surface area contributed by atoms with Crippen LogP contribution in [0.4, 0.5) is 0 Å². The molecular weight excluding hydrogens is 246 g/mol. The highest BCUT2D eigenvalue weighted by atomic mass is 15.1. The topological polar surface area (TPSA) is 29.0 Å². The Labute approximate surface area is 121 Å². The molecule has 2 heterocycles. The van der Waals surface area contributed by atoms with Gasteiger partial charge in [0, 0.05) is 25.5 Å². The van der Waals surface area contributed by atoms with Gasteiger partial charge in [0.2, 0.25) is 0 Å². The fraction of sp³-hybridized carbons (Fsp3) is 0.412. The lowest BCUT2D eigenvalue weighted by atomic mass is 10.1. The Hall–Kier alpha value is -1.74. The second-order valence-corrected chi connectivity index (χ2v) is 5.54. The van der Waals surface area contributed by atoms with Crippen LogP contribution in [0.3, 0.4) is 0 Å². The predicted molar refractivity (Wildman–Crippen MR) is 82.0 cm³/mol. The first kappa shape index (κ1) is 14.7. The molecule has 0 spiro atoms. The molecule has 0 saturated carbocycles. The summed E-state index contributed by atoms with van der Waals surface area (Å²) in [6.45, 7) is 7.36. The largest absolute Gasteiger partial charge is 0.292 e. The minimum atomic E-state index is 0.713. The number of aromatic nitrogens is 2. The lowest BCUT2D eigenvalue weighted by molar-refractivity contribution is 0.236. The van der Waals surface area contributed by atoms with Crippen LogP contribution in [-0.2, 0) is 13.1 Å². The average molecular weight is 269 g/mol. The van der Waals surface area contributed by atoms with Crippen molar-refractivity contribution in [3.63, 3.8) is 0 Å². The molecule has 0 unspecified atom stereocenters. The molecule has 0 atom stereocenters. The summed E-state index contributed by atoms with van der Waals surface area (Å²) in [5.41, 5.74) is 2.24. The molecule has 20 heavy (non-hydrogen) atoms. The lowest BCUT2D eigenvalue weighted by Crippen LogP contribution is -2.25. The molecule has 2 rings (SSSR count). The third kappa shape index (κ3) is 5.10. The molecule has 0 aliphatic rings. The van der Waals surface area contributed by atoms with Gasteiger partial charge in [-0.1, -0.05) is 26.0 Å². The Morgan fingerprint density at radius 3 is 1.85 bits per heavy atom. The lowest BCUT2D eigenvalue weighted by Gasteiger charge is -2.22. The summed E-state index contributed by atoms with van der Waals surface area (Å²) in [6, 6.07) is 12.2. The van der Waals surface area contributed by atoms with E-state index in [0.717, 1.165) is 31.0 Å². The molecule has 2 aromatic rings. The van der Waals surface area contributed by atoms with Gasteiger partial charge in [0.15, 0.2) is 0 Å². The number of rotatable bonds is 7. The van der Waals surface area contributed by atoms with E-state index < -0.39 is 0 Å². The second-order valence-electron chi connectivity index (χ2n) is 5.54. The van der Waals surface area contributed by atoms with Gasteiger partial charge in [-0.05, 0) is 43.1 Å². The maximum Gasteiger partial charge on any atom is 0.0544 e. The van der Waals surface area contributed by atoms with Crippen molar-refractivity contribution in [3.8, 4) is 0 Å². The number of hydrogen-bond donors (Lipinski definition) is 0. The molecule has 0 aromatic carbocycles. The molecule has 2 aromatic heterocycles. The smallest absolute Gasteiger partial charge is 0.0544 e. The Kier molecular flexibility index (Phi) is 5.69. The van der Waals surface area contributed by atoms with E-state index >= 15 is 0 Å². The highest BCUT2D eigenvalue weighted by molar-refractivity contribution is 5.06. The highest BCUT2D eigenvalue weighted by Crippen LogP contribution is 2.10. The van der Waals surface area contributed by atoms with Crippen LogP contribution in [0.15, 0.2) is 48.8 Å². The average Bonchev–Trinajstić information content (AvgIpc) is 2.47. The van der Waals surface area contributed by atoms with E-state index in [4.69, 9.17) is 0 Å². The first-order chi connectivity index (χ1) is 9.74. The van der Waals surface area contributed by atoms with Gasteiger partial charge in [0.25, 0.3) is 0 Å². The normalized spacial score (nSPS) is 11.2. The summed E-state index contributed by atoms with van der Waals surface area (Å²) in [5.74, 6) is 0.713. The molecule has 0 N–H and O–H groups in total. The number of hydrogen-bond acceptors (Lipinski definition) is 3. The van der Waals surface area contributed by atoms with Crippen LogP contribution >= 0.6 is 0 Å². The molecule has 0 fully saturated rings. The molecule has 106 valence electrons. The minimum Gasteiger partial charge on any atom is -0.292 e. The van der Waals surface area contributed by atoms with Gasteiger partial charge in [-0.15, -0.1) is 0 Å². The van der Waals surface area contributed by atoms with Crippen molar-refractivity contribution in [1.82, 2.24) is 14.9 Å². The quantitative estimate of drug-likeness (QED) is 0.770. The third-order valence-corrected chi connectivity index (χ3v) is 3.25. The van der Waals surface area contributed by atoms with E-state index in [2.05, 4.69) is 40.8 Å². The van der Waals surface area contributed by atoms with Gasteiger partial charge < -0.3 is 0 Å². The third-order valence-electron chi connectivity index (χ3n) is 3.25. The molecule has 0 amide bonds. The fourth-order valence-electron chi connectivity index (χ4n) is 2.10. The van der Waals surface area contributed by atoms with E-state index in [-0.39, 0.29) is 0 Å². The van der Waals surface area contributed by atoms with Crippen LogP contribution < -0.4 is 0 Å². The maximum atomic E-state index is 4.43. The van der Waals surface area contributed by atoms with Crippen LogP contribution in [0.1, 0.15) is 31.7 Å². The molecule has 0 aliphatic carbocycles. The van der Waals surface area contributed by atoms with Crippen molar-refractivity contribution >= 4 is 0 Å². The van der Waals surface area contributed by atoms with Gasteiger partial charge in [0.1, 0.15) is 0 Å². The van der Waals surface area contributed by atoms with Gasteiger partial charge >= 0.3 is 0 Å². The summed E-state index contributed by atoms with van der Waals surface area (Å²) in [6.07, 6.45) is 4.91. The predicted octanol–water partition coefficient (Wildman–Crippen LogP) is 3.52. The first-order valence-corrected chi connectivity index (χ1v) is 7.26. The Balaban J connectivity index is 2.00. The van der Waals surface area contributed by atoms with Crippen LogP contribution in [0.25, 0.3) is 0 Å². The molecule has 3 heteroatoms. The zero-order valence-electron chi connectivity index (χ0n) is 12.4. The summed E-state index contributed by atoms with van der Waals surface area (Å²) in [4.78, 5) is 11.3. The Morgan fingerprint density at radius 2 is 1.45 bits per heavy atom. The summed E-state index contributed by atoms with van der Waals surface area (Å²) in [5, 5.41) is 0. The van der Waals surface area contributed by atoms with E-state index in [9.17, 15) is 0 Å². The van der Waals surface area contributed by atoms with E-state index in [1.807, 2.05) is 36.7 Å². The SMILES string of the molecule is CC(C)CCN(Cc1ccccn1)Cc1ccccn1. The number of nitrogens with zero attached hydrogens (tertiary/aromatic N) is 3. The van der Waals surface area contributed by atoms with E-state index in [1.165, 1.54) is 6.42 Å². The summed E-state index contributed by atoms with van der Waals surface area (Å²) in [7, 11) is 0. The monoisotopic (exact) mass is 269 g/mol. The van der Waals surface area contributed by atoms with Gasteiger partial charge in [-0.2, -0.15) is 0 Å². The first-order valence-electron chi connectivity index (χ1n) is 7.26. The molecule has 3 nitrogen and oxygen atoms in total. The van der Waals surface area contributed by atoms with Crippen molar-refractivity contribution in [2.45, 2.75) is 33.4 Å². The van der Waals surface area contributed by atoms with Crippen LogP contribution in [0.2, 0.25) is 0 Å². The standard InChI is InChI=1S/C17H23N3/c1-15(2)9-12-20(13-16-7-3-5-10-18-16)14-17-8-4-6-11-19-17/h3-8,10-11,15H,9,12-14H2,1-2H3. The van der Waals surface area contributed by atoms with Crippen molar-refractivity contribution in [1.29, 1.82) is 0 Å². The van der Waals surface area contributed by atoms with Crippen LogP contribution in [-0.4, -0.2) is 21.4 Å². The summed E-state index contributed by atoms with van der Waals surface area (Å²) < 4.78 is 0. The van der Waals surface area contributed by atoms with Crippen LogP contribution in [0.5, 0.6) is 0 Å². The summed E-state index contributed by atoms with van der Waals surface area (Å²) >= 11 is 0. The molecule has 0 bridgehead atoms. The van der Waals surface area contributed by atoms with Gasteiger partial charge in [-0.3, -0.25) is 14.9 Å². The number of pyridine rings is 2. The fourth-order valence-corrected chi connectivity index (χ4v) is 2.10. The van der Waals surface area contributed by atoms with Crippen molar-refractivity contribution < 1.29 is 0 Å². The zero-order chi connectivity index (χ0) is 14.2.